The largest absolute Gasteiger partial charge is 0.753 e. The molecule has 1 aromatic heterocycles. The molecule has 0 bridgehead atoms. The lowest BCUT2D eigenvalue weighted by Gasteiger charge is -2.34. The molecule has 1 aromatic carbocycles. The SMILES string of the molecule is COc1ccc(N2N=C(C#N)c3cccc[n+]3[B-]2(F)F)cc1. The standard InChI is InChI=1S/C14H11BF2N4O/c1-22-12-7-5-11(6-8-12)21-15(16,17)20-9-3-2-4-14(20)13(10-18)19-21/h2-9H,1H3. The van der Waals surface area contributed by atoms with Gasteiger partial charge in [0.15, 0.2) is 5.69 Å². The molecule has 0 fully saturated rings. The van der Waals surface area contributed by atoms with Crippen molar-refractivity contribution in [2.75, 3.05) is 12.0 Å². The smallest absolute Gasteiger partial charge is 0.497 e. The quantitative estimate of drug-likeness (QED) is 0.797. The maximum atomic E-state index is 14.7. The number of pyridine rings is 1. The Kier molecular flexibility index (Phi) is 3.26. The Labute approximate surface area is 125 Å². The molecule has 8 heteroatoms. The molecule has 2 heterocycles. The molecule has 2 aromatic rings. The van der Waals surface area contributed by atoms with Gasteiger partial charge in [-0.05, 0) is 30.3 Å². The summed E-state index contributed by atoms with van der Waals surface area (Å²) in [4.78, 5) is 0.588. The maximum Gasteiger partial charge on any atom is 0.753 e. The third-order valence-electron chi connectivity index (χ3n) is 3.41. The van der Waals surface area contributed by atoms with Crippen molar-refractivity contribution in [1.29, 1.82) is 5.26 Å². The Bertz CT molecular complexity index is 786. The van der Waals surface area contributed by atoms with Crippen LogP contribution in [0.3, 0.4) is 0 Å². The number of ether oxygens (including phenoxy) is 1. The number of methoxy groups -OCH3 is 1. The molecule has 1 aliphatic heterocycles. The third-order valence-corrected chi connectivity index (χ3v) is 3.41. The molecule has 0 atom stereocenters. The maximum absolute atomic E-state index is 14.7. The summed E-state index contributed by atoms with van der Waals surface area (Å²) in [6.45, 7) is -4.18. The van der Waals surface area contributed by atoms with Crippen molar-refractivity contribution in [3.63, 3.8) is 0 Å². The number of fused-ring (bicyclic) bond motifs is 1. The average molecular weight is 300 g/mol. The number of benzene rings is 1. The average Bonchev–Trinajstić information content (AvgIpc) is 2.55. The fraction of sp³-hybridized carbons (Fsp3) is 0.0714. The second-order valence-corrected chi connectivity index (χ2v) is 4.68. The van der Waals surface area contributed by atoms with E-state index in [1.54, 1.807) is 18.2 Å². The molecule has 0 N–H and O–H groups in total. The van der Waals surface area contributed by atoms with E-state index >= 15 is 0 Å². The minimum Gasteiger partial charge on any atom is -0.497 e. The molecule has 0 unspecified atom stereocenters. The summed E-state index contributed by atoms with van der Waals surface area (Å²) in [6.07, 6.45) is 1.25. The lowest BCUT2D eigenvalue weighted by molar-refractivity contribution is -0.569. The van der Waals surface area contributed by atoms with Gasteiger partial charge in [-0.2, -0.15) is 10.4 Å². The number of anilines is 1. The predicted molar refractivity (Wildman–Crippen MR) is 77.6 cm³/mol. The van der Waals surface area contributed by atoms with Crippen LogP contribution >= 0.6 is 0 Å². The van der Waals surface area contributed by atoms with E-state index in [0.29, 0.717) is 10.7 Å². The topological polar surface area (TPSA) is 52.5 Å². The molecule has 0 spiro atoms. The molecular formula is C14H11BF2N4O. The molecule has 0 amide bonds. The van der Waals surface area contributed by atoms with Gasteiger partial charge in [0.05, 0.1) is 7.11 Å². The van der Waals surface area contributed by atoms with Crippen molar-refractivity contribution in [2.24, 2.45) is 5.10 Å². The van der Waals surface area contributed by atoms with E-state index < -0.39 is 6.97 Å². The minimum absolute atomic E-state index is 0.0655. The first-order chi connectivity index (χ1) is 10.6. The molecule has 5 nitrogen and oxygen atoms in total. The van der Waals surface area contributed by atoms with Crippen LogP contribution in [0.5, 0.6) is 5.75 Å². The second-order valence-electron chi connectivity index (χ2n) is 4.68. The van der Waals surface area contributed by atoms with Gasteiger partial charge in [0.25, 0.3) is 0 Å². The molecule has 3 rings (SSSR count). The summed E-state index contributed by atoms with van der Waals surface area (Å²) < 4.78 is 35.3. The van der Waals surface area contributed by atoms with E-state index in [0.717, 1.165) is 4.48 Å². The second kappa shape index (κ2) is 5.11. The molecule has 0 aliphatic carbocycles. The molecule has 0 saturated heterocycles. The number of hydrazone groups is 1. The lowest BCUT2D eigenvalue weighted by atomic mass is 9.91. The number of nitrogens with zero attached hydrogens (tertiary/aromatic N) is 4. The highest BCUT2D eigenvalue weighted by Gasteiger charge is 2.52. The Morgan fingerprint density at radius 3 is 2.59 bits per heavy atom. The molecule has 1 aliphatic rings. The first-order valence-corrected chi connectivity index (χ1v) is 6.53. The summed E-state index contributed by atoms with van der Waals surface area (Å²) in [5.41, 5.74) is 0.213. The molecule has 0 saturated carbocycles. The number of hydrogen-bond donors (Lipinski definition) is 0. The van der Waals surface area contributed by atoms with Gasteiger partial charge in [0.1, 0.15) is 18.0 Å². The van der Waals surface area contributed by atoms with E-state index in [9.17, 15) is 13.9 Å². The molecule has 110 valence electrons. The summed E-state index contributed by atoms with van der Waals surface area (Å²) in [5, 5.41) is 13.0. The van der Waals surface area contributed by atoms with Crippen LogP contribution in [0.15, 0.2) is 53.8 Å². The lowest BCUT2D eigenvalue weighted by Crippen LogP contribution is -2.72. The zero-order valence-corrected chi connectivity index (χ0v) is 11.6. The van der Waals surface area contributed by atoms with Crippen molar-refractivity contribution in [2.45, 2.75) is 0 Å². The molecule has 22 heavy (non-hydrogen) atoms. The summed E-state index contributed by atoms with van der Waals surface area (Å²) in [7, 11) is 1.49. The predicted octanol–water partition coefficient (Wildman–Crippen LogP) is 1.95. The van der Waals surface area contributed by atoms with Crippen LogP contribution in [-0.4, -0.2) is 19.8 Å². The number of rotatable bonds is 2. The van der Waals surface area contributed by atoms with Gasteiger partial charge in [0.2, 0.25) is 5.71 Å². The van der Waals surface area contributed by atoms with Crippen molar-refractivity contribution in [1.82, 2.24) is 0 Å². The Morgan fingerprint density at radius 1 is 1.23 bits per heavy atom. The first kappa shape index (κ1) is 14.0. The normalized spacial score (nSPS) is 15.5. The van der Waals surface area contributed by atoms with Crippen LogP contribution < -0.4 is 14.1 Å². The number of nitriles is 1. The Hall–Kier alpha value is -2.95. The fourth-order valence-corrected chi connectivity index (χ4v) is 2.33. The van der Waals surface area contributed by atoms with Crippen LogP contribution in [0.25, 0.3) is 0 Å². The van der Waals surface area contributed by atoms with E-state index in [1.165, 1.54) is 37.6 Å². The van der Waals surface area contributed by atoms with E-state index in [2.05, 4.69) is 5.10 Å². The van der Waals surface area contributed by atoms with E-state index in [1.807, 2.05) is 6.07 Å². The number of halogens is 2. The van der Waals surface area contributed by atoms with Gasteiger partial charge in [-0.15, -0.1) is 0 Å². The van der Waals surface area contributed by atoms with Crippen molar-refractivity contribution < 1.29 is 17.8 Å². The molecule has 0 radical (unpaired) electrons. The monoisotopic (exact) mass is 300 g/mol. The minimum atomic E-state index is -4.18. The van der Waals surface area contributed by atoms with Gasteiger partial charge < -0.3 is 22.8 Å². The highest BCUT2D eigenvalue weighted by Crippen LogP contribution is 2.27. The highest BCUT2D eigenvalue weighted by molar-refractivity contribution is 6.62. The van der Waals surface area contributed by atoms with Crippen LogP contribution in [-0.2, 0) is 0 Å². The van der Waals surface area contributed by atoms with Gasteiger partial charge in [-0.3, -0.25) is 0 Å². The molecular weight excluding hydrogens is 289 g/mol. The van der Waals surface area contributed by atoms with Gasteiger partial charge in [0, 0.05) is 11.8 Å². The summed E-state index contributed by atoms with van der Waals surface area (Å²) in [5.74, 6) is 0.550. The third kappa shape index (κ3) is 2.07. The zero-order chi connectivity index (χ0) is 15.7. The van der Waals surface area contributed by atoms with Crippen molar-refractivity contribution >= 4 is 18.4 Å². The number of hydrogen-bond acceptors (Lipinski definition) is 4. The summed E-state index contributed by atoms with van der Waals surface area (Å²) in [6, 6.07) is 12.5. The van der Waals surface area contributed by atoms with Crippen LogP contribution in [0.1, 0.15) is 5.69 Å². The van der Waals surface area contributed by atoms with Gasteiger partial charge >= 0.3 is 6.97 Å². The van der Waals surface area contributed by atoms with Crippen molar-refractivity contribution in [3.8, 4) is 11.8 Å². The van der Waals surface area contributed by atoms with Gasteiger partial charge in [-0.1, -0.05) is 6.07 Å². The fourth-order valence-electron chi connectivity index (χ4n) is 2.33. The highest BCUT2D eigenvalue weighted by atomic mass is 19.2. The van der Waals surface area contributed by atoms with Gasteiger partial charge in [-0.25, -0.2) is 0 Å². The summed E-state index contributed by atoms with van der Waals surface area (Å²) >= 11 is 0. The Balaban J connectivity index is 2.14. The zero-order valence-electron chi connectivity index (χ0n) is 11.6. The van der Waals surface area contributed by atoms with Crippen LogP contribution in [0.2, 0.25) is 0 Å². The van der Waals surface area contributed by atoms with E-state index in [4.69, 9.17) is 4.74 Å². The van der Waals surface area contributed by atoms with E-state index in [-0.39, 0.29) is 17.1 Å². The number of aromatic nitrogens is 1. The van der Waals surface area contributed by atoms with Crippen LogP contribution in [0, 0.1) is 11.3 Å². The Morgan fingerprint density at radius 2 is 1.95 bits per heavy atom. The van der Waals surface area contributed by atoms with Crippen molar-refractivity contribution in [3.05, 3.63) is 54.4 Å². The first-order valence-electron chi connectivity index (χ1n) is 6.53. The van der Waals surface area contributed by atoms with Crippen LogP contribution in [0.4, 0.5) is 14.3 Å².